The van der Waals surface area contributed by atoms with Crippen molar-refractivity contribution < 1.29 is 4.42 Å². The molecule has 0 radical (unpaired) electrons. The minimum atomic E-state index is -0.317. The molecule has 11 rings (SSSR count). The van der Waals surface area contributed by atoms with Crippen molar-refractivity contribution in [3.63, 3.8) is 0 Å². The second kappa shape index (κ2) is 9.53. The molecule has 0 bridgehead atoms. The minimum Gasteiger partial charge on any atom is -0.455 e. The molecule has 9 aromatic rings. The first kappa shape index (κ1) is 25.7. The smallest absolute Gasteiger partial charge is 0.234 e. The summed E-state index contributed by atoms with van der Waals surface area (Å²) < 4.78 is 8.92. The van der Waals surface area contributed by atoms with Crippen molar-refractivity contribution in [3.05, 3.63) is 157 Å². The molecule has 0 saturated carbocycles. The minimum absolute atomic E-state index is 0.317. The molecule has 1 aliphatic carbocycles. The summed E-state index contributed by atoms with van der Waals surface area (Å²) in [5, 5.41) is 10.6. The number of aliphatic imine (C=N–C) groups is 2. The lowest BCUT2D eigenvalue weighted by atomic mass is 9.99. The van der Waals surface area contributed by atoms with E-state index in [1.54, 1.807) is 0 Å². The molecular weight excluding hydrogens is 589 g/mol. The summed E-state index contributed by atoms with van der Waals surface area (Å²) in [7, 11) is 0. The number of hydrogen-bond donors (Lipinski definition) is 1. The molecule has 0 spiro atoms. The topological polar surface area (TPSA) is 54.8 Å². The highest BCUT2D eigenvalue weighted by molar-refractivity contribution is 6.26. The van der Waals surface area contributed by atoms with Crippen molar-refractivity contribution in [1.29, 1.82) is 0 Å². The molecule has 2 aromatic heterocycles. The van der Waals surface area contributed by atoms with Gasteiger partial charge in [-0.1, -0.05) is 115 Å². The van der Waals surface area contributed by atoms with Crippen molar-refractivity contribution in [2.24, 2.45) is 9.98 Å². The molecular formula is C43H26N4O. The molecule has 1 atom stereocenters. The summed E-state index contributed by atoms with van der Waals surface area (Å²) in [6.45, 7) is 0. The maximum atomic E-state index is 6.74. The molecule has 48 heavy (non-hydrogen) atoms. The highest BCUT2D eigenvalue weighted by Gasteiger charge is 2.26. The number of para-hydroxylation sites is 2. The van der Waals surface area contributed by atoms with Gasteiger partial charge >= 0.3 is 0 Å². The van der Waals surface area contributed by atoms with E-state index in [-0.39, 0.29) is 6.17 Å². The predicted molar refractivity (Wildman–Crippen MR) is 197 cm³/mol. The van der Waals surface area contributed by atoms with E-state index in [1.807, 2.05) is 6.07 Å². The summed E-state index contributed by atoms with van der Waals surface area (Å²) in [4.78, 5) is 10.4. The van der Waals surface area contributed by atoms with Gasteiger partial charge in [-0.05, 0) is 58.1 Å². The quantitative estimate of drug-likeness (QED) is 0.211. The molecule has 5 nitrogen and oxygen atoms in total. The Morgan fingerprint density at radius 3 is 2.00 bits per heavy atom. The van der Waals surface area contributed by atoms with Gasteiger partial charge in [-0.15, -0.1) is 0 Å². The summed E-state index contributed by atoms with van der Waals surface area (Å²) in [5.74, 6) is 1.39. The van der Waals surface area contributed by atoms with E-state index in [4.69, 9.17) is 14.4 Å². The maximum Gasteiger partial charge on any atom is 0.234 e. The summed E-state index contributed by atoms with van der Waals surface area (Å²) in [6, 6.07) is 51.3. The fourth-order valence-electron chi connectivity index (χ4n) is 7.87. The summed E-state index contributed by atoms with van der Waals surface area (Å²) >= 11 is 0. The first-order valence-corrected chi connectivity index (χ1v) is 16.3. The predicted octanol–water partition coefficient (Wildman–Crippen LogP) is 10.4. The number of rotatable bonds is 2. The lowest BCUT2D eigenvalue weighted by Crippen LogP contribution is -2.35. The molecule has 1 aliphatic heterocycles. The number of amidine groups is 1. The standard InChI is InChI=1S/C43H26N4O/c1-2-11-25(12-3-1)41-44-42(46-43(45-41)47-36-19-8-6-15-29(36)30-16-7-9-20-37(30)47)26-21-22-31-35-24-34-28-14-5-4-13-27(28)32-17-10-18-33(39(32)34)40(35)48-38(31)23-26/h1-24,41H,(H,44,45,46). The van der Waals surface area contributed by atoms with Crippen molar-refractivity contribution in [2.75, 3.05) is 0 Å². The van der Waals surface area contributed by atoms with Crippen LogP contribution in [0.4, 0.5) is 0 Å². The Morgan fingerprint density at radius 1 is 0.542 bits per heavy atom. The summed E-state index contributed by atoms with van der Waals surface area (Å²) in [6.07, 6.45) is -0.317. The fraction of sp³-hybridized carbons (Fsp3) is 0.0233. The number of hydrogen-bond acceptors (Lipinski definition) is 4. The van der Waals surface area contributed by atoms with Crippen molar-refractivity contribution in [1.82, 2.24) is 9.88 Å². The second-order valence-corrected chi connectivity index (χ2v) is 12.6. The molecule has 0 fully saturated rings. The molecule has 0 saturated heterocycles. The van der Waals surface area contributed by atoms with Crippen LogP contribution in [0.15, 0.2) is 160 Å². The van der Waals surface area contributed by atoms with Crippen molar-refractivity contribution in [3.8, 4) is 22.3 Å². The van der Waals surface area contributed by atoms with E-state index < -0.39 is 0 Å². The van der Waals surface area contributed by atoms with Crippen LogP contribution >= 0.6 is 0 Å². The van der Waals surface area contributed by atoms with Gasteiger partial charge in [-0.25, -0.2) is 4.99 Å². The highest BCUT2D eigenvalue weighted by Crippen LogP contribution is 2.50. The number of fused-ring (bicyclic) bond motifs is 10. The Labute approximate surface area is 275 Å². The Bertz CT molecular complexity index is 2820. The molecule has 3 heterocycles. The zero-order valence-electron chi connectivity index (χ0n) is 25.7. The van der Waals surface area contributed by atoms with Crippen molar-refractivity contribution >= 4 is 66.3 Å². The second-order valence-electron chi connectivity index (χ2n) is 12.6. The molecule has 7 aromatic carbocycles. The lowest BCUT2D eigenvalue weighted by molar-refractivity contribution is 0.666. The molecule has 5 heteroatoms. The van der Waals surface area contributed by atoms with Crippen LogP contribution in [0, 0.1) is 0 Å². The van der Waals surface area contributed by atoms with Gasteiger partial charge in [-0.2, -0.15) is 4.99 Å². The molecule has 1 N–H and O–H groups in total. The fourth-order valence-corrected chi connectivity index (χ4v) is 7.87. The van der Waals surface area contributed by atoms with E-state index >= 15 is 0 Å². The van der Waals surface area contributed by atoms with Crippen LogP contribution in [0.2, 0.25) is 0 Å². The zero-order chi connectivity index (χ0) is 31.3. The van der Waals surface area contributed by atoms with Gasteiger partial charge in [0.2, 0.25) is 5.96 Å². The maximum absolute atomic E-state index is 6.74. The van der Waals surface area contributed by atoms with Crippen LogP contribution < -0.4 is 5.32 Å². The van der Waals surface area contributed by atoms with Crippen LogP contribution in [0.3, 0.4) is 0 Å². The van der Waals surface area contributed by atoms with Gasteiger partial charge < -0.3 is 9.73 Å². The van der Waals surface area contributed by atoms with Gasteiger partial charge in [0.1, 0.15) is 23.2 Å². The third-order valence-corrected chi connectivity index (χ3v) is 10.0. The molecule has 2 aliphatic rings. The van der Waals surface area contributed by atoms with Crippen LogP contribution in [0.5, 0.6) is 0 Å². The lowest BCUT2D eigenvalue weighted by Gasteiger charge is -2.24. The number of nitrogens with one attached hydrogen (secondary N) is 1. The van der Waals surface area contributed by atoms with E-state index in [0.29, 0.717) is 5.96 Å². The monoisotopic (exact) mass is 614 g/mol. The Morgan fingerprint density at radius 2 is 1.21 bits per heavy atom. The average Bonchev–Trinajstić information content (AvgIpc) is 3.81. The van der Waals surface area contributed by atoms with E-state index in [0.717, 1.165) is 55.3 Å². The number of benzene rings is 7. The molecule has 224 valence electrons. The van der Waals surface area contributed by atoms with E-state index in [2.05, 4.69) is 149 Å². The third-order valence-electron chi connectivity index (χ3n) is 10.0. The summed E-state index contributed by atoms with van der Waals surface area (Å²) in [5.41, 5.74) is 11.0. The highest BCUT2D eigenvalue weighted by atomic mass is 16.3. The molecule has 0 amide bonds. The SMILES string of the molecule is c1ccc(C2N=C(n3c4ccccc4c4ccccc43)N=C(c3ccc4c(c3)oc3c5cccc6c5c(cc43)-c3ccccc3-6)N2)cc1. The number of aromatic nitrogens is 1. The third kappa shape index (κ3) is 3.50. The van der Waals surface area contributed by atoms with Gasteiger partial charge in [-0.3, -0.25) is 4.57 Å². The largest absolute Gasteiger partial charge is 0.455 e. The Hall–Kier alpha value is -6.46. The Kier molecular flexibility index (Phi) is 5.10. The van der Waals surface area contributed by atoms with Crippen LogP contribution in [0.1, 0.15) is 17.3 Å². The van der Waals surface area contributed by atoms with Crippen molar-refractivity contribution in [2.45, 2.75) is 6.17 Å². The van der Waals surface area contributed by atoms with Gasteiger partial charge in [0.15, 0.2) is 0 Å². The van der Waals surface area contributed by atoms with E-state index in [1.165, 1.54) is 38.4 Å². The zero-order valence-corrected chi connectivity index (χ0v) is 25.7. The first-order chi connectivity index (χ1) is 23.8. The first-order valence-electron chi connectivity index (χ1n) is 16.3. The molecule has 1 unspecified atom stereocenters. The normalized spacial score (nSPS) is 15.3. The van der Waals surface area contributed by atoms with Gasteiger partial charge in [0, 0.05) is 37.9 Å². The van der Waals surface area contributed by atoms with E-state index in [9.17, 15) is 0 Å². The van der Waals surface area contributed by atoms with Crippen LogP contribution in [-0.2, 0) is 0 Å². The van der Waals surface area contributed by atoms with Gasteiger partial charge in [0.05, 0.1) is 11.0 Å². The Balaban J connectivity index is 1.11. The van der Waals surface area contributed by atoms with Gasteiger partial charge in [0.25, 0.3) is 0 Å². The van der Waals surface area contributed by atoms with Crippen LogP contribution in [0.25, 0.3) is 76.8 Å². The number of nitrogens with zero attached hydrogens (tertiary/aromatic N) is 3. The number of furan rings is 1. The van der Waals surface area contributed by atoms with Crippen LogP contribution in [-0.4, -0.2) is 16.4 Å². The average molecular weight is 615 g/mol.